The number of aromatic nitrogens is 2. The molecule has 1 rings (SSSR count). The maximum absolute atomic E-state index is 11.4. The van der Waals surface area contributed by atoms with Crippen LogP contribution in [0.5, 0.6) is 0 Å². The molecule has 1 unspecified atom stereocenters. The van der Waals surface area contributed by atoms with Crippen molar-refractivity contribution < 1.29 is 14.3 Å². The zero-order valence-corrected chi connectivity index (χ0v) is 12.4. The minimum Gasteiger partial charge on any atom is -0.467 e. The molecule has 0 aliphatic rings. The van der Waals surface area contributed by atoms with E-state index in [1.54, 1.807) is 20.1 Å². The summed E-state index contributed by atoms with van der Waals surface area (Å²) < 4.78 is 9.72. The van der Waals surface area contributed by atoms with E-state index in [0.717, 1.165) is 13.0 Å². The third-order valence-electron chi connectivity index (χ3n) is 2.52. The Morgan fingerprint density at radius 2 is 2.05 bits per heavy atom. The highest BCUT2D eigenvalue weighted by Gasteiger charge is 2.14. The molecule has 1 atom stereocenters. The van der Waals surface area contributed by atoms with Gasteiger partial charge in [-0.25, -0.2) is 14.8 Å². The molecule has 7 nitrogen and oxygen atoms in total. The Morgan fingerprint density at radius 3 is 2.65 bits per heavy atom. The molecular weight excluding hydrogens is 260 g/mol. The van der Waals surface area contributed by atoms with Crippen LogP contribution < -0.4 is 10.6 Å². The second kappa shape index (κ2) is 8.31. The largest absolute Gasteiger partial charge is 0.467 e. The number of carbonyl (C=O) groups excluding carboxylic acids is 1. The summed E-state index contributed by atoms with van der Waals surface area (Å²) in [6.45, 7) is 4.91. The lowest BCUT2D eigenvalue weighted by atomic mass is 10.3. The lowest BCUT2D eigenvalue weighted by Gasteiger charge is -2.14. The standard InChI is InChI=1S/C13H22N4O3/c1-5-6-14-10-7-11(15-9(2)13(18)20-4)17-12(16-10)8-19-3/h7,9H,5-6,8H2,1-4H3,(H2,14,15,16,17). The molecule has 1 heterocycles. The van der Waals surface area contributed by atoms with Crippen molar-refractivity contribution in [1.82, 2.24) is 9.97 Å². The molecule has 2 N–H and O–H groups in total. The smallest absolute Gasteiger partial charge is 0.328 e. The quantitative estimate of drug-likeness (QED) is 0.697. The van der Waals surface area contributed by atoms with E-state index in [1.807, 2.05) is 0 Å². The van der Waals surface area contributed by atoms with Crippen LogP contribution in [0.3, 0.4) is 0 Å². The number of carbonyl (C=O) groups is 1. The van der Waals surface area contributed by atoms with Crippen molar-refractivity contribution in [1.29, 1.82) is 0 Å². The molecule has 20 heavy (non-hydrogen) atoms. The van der Waals surface area contributed by atoms with Crippen LogP contribution in [-0.4, -0.2) is 42.7 Å². The molecule has 0 fully saturated rings. The fourth-order valence-electron chi connectivity index (χ4n) is 1.57. The molecule has 7 heteroatoms. The average Bonchev–Trinajstić information content (AvgIpc) is 2.44. The summed E-state index contributed by atoms with van der Waals surface area (Å²) in [7, 11) is 2.94. The van der Waals surface area contributed by atoms with Crippen LogP contribution >= 0.6 is 0 Å². The molecule has 0 radical (unpaired) electrons. The number of nitrogens with zero attached hydrogens (tertiary/aromatic N) is 2. The van der Waals surface area contributed by atoms with Crippen LogP contribution in [0.1, 0.15) is 26.1 Å². The Labute approximate surface area is 119 Å². The van der Waals surface area contributed by atoms with E-state index in [0.29, 0.717) is 24.1 Å². The maximum Gasteiger partial charge on any atom is 0.328 e. The summed E-state index contributed by atoms with van der Waals surface area (Å²) in [5.74, 6) is 1.46. The van der Waals surface area contributed by atoms with Crippen molar-refractivity contribution in [2.45, 2.75) is 32.9 Å². The van der Waals surface area contributed by atoms with E-state index >= 15 is 0 Å². The Hall–Kier alpha value is -1.89. The summed E-state index contributed by atoms with van der Waals surface area (Å²) in [4.78, 5) is 20.0. The number of anilines is 2. The minimum atomic E-state index is -0.482. The Bertz CT molecular complexity index is 440. The normalized spacial score (nSPS) is 11.8. The first-order valence-electron chi connectivity index (χ1n) is 6.55. The van der Waals surface area contributed by atoms with Crippen LogP contribution in [0.15, 0.2) is 6.07 Å². The van der Waals surface area contributed by atoms with Gasteiger partial charge in [-0.1, -0.05) is 6.92 Å². The second-order valence-electron chi connectivity index (χ2n) is 4.30. The highest BCUT2D eigenvalue weighted by molar-refractivity contribution is 5.78. The number of hydrogen-bond donors (Lipinski definition) is 2. The topological polar surface area (TPSA) is 85.4 Å². The van der Waals surface area contributed by atoms with Gasteiger partial charge in [0.05, 0.1) is 7.11 Å². The molecule has 0 spiro atoms. The maximum atomic E-state index is 11.4. The monoisotopic (exact) mass is 282 g/mol. The Kier molecular flexibility index (Phi) is 6.72. The summed E-state index contributed by atoms with van der Waals surface area (Å²) >= 11 is 0. The lowest BCUT2D eigenvalue weighted by Crippen LogP contribution is -2.28. The van der Waals surface area contributed by atoms with Gasteiger partial charge in [0.25, 0.3) is 0 Å². The van der Waals surface area contributed by atoms with Gasteiger partial charge in [0.2, 0.25) is 0 Å². The number of rotatable bonds is 8. The number of hydrogen-bond acceptors (Lipinski definition) is 7. The summed E-state index contributed by atoms with van der Waals surface area (Å²) in [5, 5.41) is 6.17. The van der Waals surface area contributed by atoms with E-state index in [4.69, 9.17) is 4.74 Å². The van der Waals surface area contributed by atoms with Crippen molar-refractivity contribution in [3.05, 3.63) is 11.9 Å². The molecule has 0 amide bonds. The van der Waals surface area contributed by atoms with Gasteiger partial charge in [0.1, 0.15) is 24.3 Å². The molecule has 0 saturated carbocycles. The van der Waals surface area contributed by atoms with Gasteiger partial charge in [-0.3, -0.25) is 0 Å². The van der Waals surface area contributed by atoms with Crippen LogP contribution in [-0.2, 0) is 20.9 Å². The summed E-state index contributed by atoms with van der Waals surface area (Å²) in [6, 6.07) is 1.28. The first-order valence-corrected chi connectivity index (χ1v) is 6.55. The lowest BCUT2D eigenvalue weighted by molar-refractivity contribution is -0.141. The van der Waals surface area contributed by atoms with Gasteiger partial charge in [0, 0.05) is 19.7 Å². The third kappa shape index (κ3) is 5.00. The molecule has 0 saturated heterocycles. The highest BCUT2D eigenvalue weighted by Crippen LogP contribution is 2.13. The number of esters is 1. The van der Waals surface area contributed by atoms with Gasteiger partial charge in [-0.15, -0.1) is 0 Å². The van der Waals surface area contributed by atoms with Crippen molar-refractivity contribution in [2.24, 2.45) is 0 Å². The molecule has 0 aliphatic heterocycles. The highest BCUT2D eigenvalue weighted by atomic mass is 16.5. The van der Waals surface area contributed by atoms with Gasteiger partial charge in [-0.05, 0) is 13.3 Å². The second-order valence-corrected chi connectivity index (χ2v) is 4.30. The van der Waals surface area contributed by atoms with Gasteiger partial charge in [0.15, 0.2) is 5.82 Å². The summed E-state index contributed by atoms with van der Waals surface area (Å²) in [6.07, 6.45) is 0.991. The van der Waals surface area contributed by atoms with E-state index in [2.05, 4.69) is 32.3 Å². The van der Waals surface area contributed by atoms with Crippen LogP contribution in [0.2, 0.25) is 0 Å². The SMILES string of the molecule is CCCNc1cc(NC(C)C(=O)OC)nc(COC)n1. The number of methoxy groups -OCH3 is 2. The number of ether oxygens (including phenoxy) is 2. The summed E-state index contributed by atoms with van der Waals surface area (Å²) in [5.41, 5.74) is 0. The van der Waals surface area contributed by atoms with E-state index in [9.17, 15) is 4.79 Å². The predicted octanol–water partition coefficient (Wildman–Crippen LogP) is 1.42. The van der Waals surface area contributed by atoms with Gasteiger partial charge in [-0.2, -0.15) is 0 Å². The zero-order valence-electron chi connectivity index (χ0n) is 12.4. The first-order chi connectivity index (χ1) is 9.60. The molecule has 112 valence electrons. The van der Waals surface area contributed by atoms with E-state index in [-0.39, 0.29) is 5.97 Å². The fourth-order valence-corrected chi connectivity index (χ4v) is 1.57. The molecule has 0 aliphatic carbocycles. The zero-order chi connectivity index (χ0) is 15.0. The first kappa shape index (κ1) is 16.2. The minimum absolute atomic E-state index is 0.308. The van der Waals surface area contributed by atoms with Crippen LogP contribution in [0.25, 0.3) is 0 Å². The van der Waals surface area contributed by atoms with Crippen molar-refractivity contribution in [3.8, 4) is 0 Å². The molecule has 0 aromatic carbocycles. The average molecular weight is 282 g/mol. The van der Waals surface area contributed by atoms with Crippen LogP contribution in [0, 0.1) is 0 Å². The van der Waals surface area contributed by atoms with Crippen molar-refractivity contribution in [3.63, 3.8) is 0 Å². The predicted molar refractivity (Wildman–Crippen MR) is 76.6 cm³/mol. The van der Waals surface area contributed by atoms with Gasteiger partial charge >= 0.3 is 5.97 Å². The van der Waals surface area contributed by atoms with Gasteiger partial charge < -0.3 is 20.1 Å². The Balaban J connectivity index is 2.87. The number of nitrogens with one attached hydrogen (secondary N) is 2. The molecular formula is C13H22N4O3. The third-order valence-corrected chi connectivity index (χ3v) is 2.52. The molecule has 1 aromatic heterocycles. The van der Waals surface area contributed by atoms with E-state index < -0.39 is 6.04 Å². The fraction of sp³-hybridized carbons (Fsp3) is 0.615. The molecule has 0 bridgehead atoms. The molecule has 1 aromatic rings. The van der Waals surface area contributed by atoms with E-state index in [1.165, 1.54) is 7.11 Å². The Morgan fingerprint density at radius 1 is 1.35 bits per heavy atom. The van der Waals surface area contributed by atoms with Crippen LogP contribution in [0.4, 0.5) is 11.6 Å². The van der Waals surface area contributed by atoms with Crippen molar-refractivity contribution >= 4 is 17.6 Å². The van der Waals surface area contributed by atoms with Crippen molar-refractivity contribution in [2.75, 3.05) is 31.4 Å².